The SMILES string of the molecule is CCCC(=NOCC)C1=C(OC(=O)c2ccccc2)CC(C)(C)C(C(=O)OC)C1=O. The number of oxime groups is 1. The second-order valence-corrected chi connectivity index (χ2v) is 7.75. The van der Waals surface area contributed by atoms with E-state index in [9.17, 15) is 14.4 Å². The molecular weight excluding hydrogens is 386 g/mol. The summed E-state index contributed by atoms with van der Waals surface area (Å²) < 4.78 is 10.6. The van der Waals surface area contributed by atoms with Crippen molar-refractivity contribution < 1.29 is 28.7 Å². The third kappa shape index (κ3) is 5.14. The fourth-order valence-electron chi connectivity index (χ4n) is 3.52. The molecule has 0 saturated heterocycles. The van der Waals surface area contributed by atoms with Crippen LogP contribution in [0, 0.1) is 11.3 Å². The van der Waals surface area contributed by atoms with Crippen molar-refractivity contribution in [2.45, 2.75) is 47.0 Å². The predicted molar refractivity (Wildman–Crippen MR) is 112 cm³/mol. The van der Waals surface area contributed by atoms with Gasteiger partial charge in [0.2, 0.25) is 0 Å². The largest absolute Gasteiger partial charge is 0.468 e. The standard InChI is InChI=1S/C23H29NO6/c1-6-11-16(24-29-7-2)18-17(30-21(26)15-12-9-8-10-13-15)14-23(3,4)19(20(18)25)22(27)28-5/h8-10,12-13,19H,6-7,11,14H2,1-5H3. The number of hydrogen-bond donors (Lipinski definition) is 0. The Morgan fingerprint density at radius 3 is 2.40 bits per heavy atom. The lowest BCUT2D eigenvalue weighted by Gasteiger charge is -2.37. The average molecular weight is 415 g/mol. The van der Waals surface area contributed by atoms with E-state index < -0.39 is 29.1 Å². The Bertz CT molecular complexity index is 854. The number of methoxy groups -OCH3 is 1. The van der Waals surface area contributed by atoms with Gasteiger partial charge in [-0.3, -0.25) is 9.59 Å². The fourth-order valence-corrected chi connectivity index (χ4v) is 3.52. The molecule has 0 saturated carbocycles. The number of ether oxygens (including phenoxy) is 2. The molecule has 30 heavy (non-hydrogen) atoms. The van der Waals surface area contributed by atoms with Gasteiger partial charge in [-0.25, -0.2) is 4.79 Å². The molecule has 2 rings (SSSR count). The van der Waals surface area contributed by atoms with Crippen molar-refractivity contribution in [2.75, 3.05) is 13.7 Å². The second kappa shape index (κ2) is 10.2. The number of esters is 2. The minimum absolute atomic E-state index is 0.129. The van der Waals surface area contributed by atoms with Crippen molar-refractivity contribution >= 4 is 23.4 Å². The number of ketones is 1. The van der Waals surface area contributed by atoms with E-state index in [4.69, 9.17) is 14.3 Å². The van der Waals surface area contributed by atoms with Crippen LogP contribution in [0.1, 0.15) is 57.3 Å². The molecule has 0 N–H and O–H groups in total. The van der Waals surface area contributed by atoms with E-state index in [1.807, 2.05) is 6.92 Å². The minimum Gasteiger partial charge on any atom is -0.468 e. The first-order chi connectivity index (χ1) is 14.3. The molecule has 0 bridgehead atoms. The Kier molecular flexibility index (Phi) is 7.92. The summed E-state index contributed by atoms with van der Waals surface area (Å²) in [5, 5.41) is 4.10. The van der Waals surface area contributed by atoms with Crippen molar-refractivity contribution in [1.82, 2.24) is 0 Å². The first-order valence-corrected chi connectivity index (χ1v) is 10.1. The van der Waals surface area contributed by atoms with Crippen LogP contribution in [0.4, 0.5) is 0 Å². The summed E-state index contributed by atoms with van der Waals surface area (Å²) in [7, 11) is 1.25. The molecule has 1 unspecified atom stereocenters. The molecule has 0 heterocycles. The van der Waals surface area contributed by atoms with Crippen molar-refractivity contribution in [3.63, 3.8) is 0 Å². The van der Waals surface area contributed by atoms with Gasteiger partial charge in [0.25, 0.3) is 0 Å². The lowest BCUT2D eigenvalue weighted by Crippen LogP contribution is -2.44. The molecule has 0 aliphatic heterocycles. The molecule has 1 aromatic carbocycles. The smallest absolute Gasteiger partial charge is 0.343 e. The van der Waals surface area contributed by atoms with Gasteiger partial charge in [-0.2, -0.15) is 0 Å². The van der Waals surface area contributed by atoms with Crippen LogP contribution >= 0.6 is 0 Å². The van der Waals surface area contributed by atoms with E-state index in [0.29, 0.717) is 30.7 Å². The van der Waals surface area contributed by atoms with Crippen LogP contribution in [-0.4, -0.2) is 37.2 Å². The first kappa shape index (κ1) is 23.3. The van der Waals surface area contributed by atoms with Gasteiger partial charge in [-0.05, 0) is 30.9 Å². The first-order valence-electron chi connectivity index (χ1n) is 10.1. The van der Waals surface area contributed by atoms with Crippen LogP contribution in [-0.2, 0) is 23.9 Å². The Hall–Kier alpha value is -2.96. The summed E-state index contributed by atoms with van der Waals surface area (Å²) in [4.78, 5) is 43.8. The van der Waals surface area contributed by atoms with Gasteiger partial charge in [-0.15, -0.1) is 0 Å². The summed E-state index contributed by atoms with van der Waals surface area (Å²) in [6.45, 7) is 7.59. The fraction of sp³-hybridized carbons (Fsp3) is 0.478. The number of rotatable bonds is 8. The highest BCUT2D eigenvalue weighted by Gasteiger charge is 2.49. The number of carbonyl (C=O) groups excluding carboxylic acids is 3. The van der Waals surface area contributed by atoms with E-state index in [-0.39, 0.29) is 17.8 Å². The number of carbonyl (C=O) groups is 3. The maximum atomic E-state index is 13.5. The molecule has 7 heteroatoms. The zero-order valence-electron chi connectivity index (χ0n) is 18.2. The van der Waals surface area contributed by atoms with E-state index in [2.05, 4.69) is 5.16 Å². The van der Waals surface area contributed by atoms with Gasteiger partial charge in [0.15, 0.2) is 5.78 Å². The highest BCUT2D eigenvalue weighted by molar-refractivity contribution is 6.27. The summed E-state index contributed by atoms with van der Waals surface area (Å²) >= 11 is 0. The highest BCUT2D eigenvalue weighted by Crippen LogP contribution is 2.43. The lowest BCUT2D eigenvalue weighted by atomic mass is 9.67. The zero-order chi connectivity index (χ0) is 22.3. The molecule has 0 amide bonds. The number of benzene rings is 1. The van der Waals surface area contributed by atoms with Crippen molar-refractivity contribution in [3.05, 3.63) is 47.2 Å². The Balaban J connectivity index is 2.59. The lowest BCUT2D eigenvalue weighted by molar-refractivity contribution is -0.154. The van der Waals surface area contributed by atoms with Gasteiger partial charge in [0, 0.05) is 6.42 Å². The molecule has 0 aromatic heterocycles. The molecule has 1 aliphatic rings. The van der Waals surface area contributed by atoms with Crippen LogP contribution in [0.25, 0.3) is 0 Å². The van der Waals surface area contributed by atoms with Crippen LogP contribution in [0.3, 0.4) is 0 Å². The maximum Gasteiger partial charge on any atom is 0.343 e. The number of allylic oxidation sites excluding steroid dienone is 2. The van der Waals surface area contributed by atoms with E-state index in [1.165, 1.54) is 7.11 Å². The van der Waals surface area contributed by atoms with E-state index in [1.54, 1.807) is 51.1 Å². The Labute approximate surface area is 177 Å². The van der Waals surface area contributed by atoms with Crippen molar-refractivity contribution in [2.24, 2.45) is 16.5 Å². The number of nitrogens with zero attached hydrogens (tertiary/aromatic N) is 1. The normalized spacial score (nSPS) is 18.8. The Morgan fingerprint density at radius 2 is 1.83 bits per heavy atom. The molecular formula is C23H29NO6. The van der Waals surface area contributed by atoms with Crippen molar-refractivity contribution in [1.29, 1.82) is 0 Å². The summed E-state index contributed by atoms with van der Waals surface area (Å²) in [5.74, 6) is -2.49. The van der Waals surface area contributed by atoms with Gasteiger partial charge in [0.05, 0.1) is 24.0 Å². The Morgan fingerprint density at radius 1 is 1.17 bits per heavy atom. The summed E-state index contributed by atoms with van der Waals surface area (Å²) in [6.07, 6.45) is 1.32. The maximum absolute atomic E-state index is 13.5. The molecule has 1 aliphatic carbocycles. The third-order valence-corrected chi connectivity index (χ3v) is 4.93. The van der Waals surface area contributed by atoms with Crippen LogP contribution in [0.2, 0.25) is 0 Å². The van der Waals surface area contributed by atoms with Gasteiger partial charge in [-0.1, -0.05) is 50.5 Å². The molecule has 1 atom stereocenters. The number of hydrogen-bond acceptors (Lipinski definition) is 7. The molecule has 0 fully saturated rings. The van der Waals surface area contributed by atoms with E-state index >= 15 is 0 Å². The predicted octanol–water partition coefficient (Wildman–Crippen LogP) is 4.08. The van der Waals surface area contributed by atoms with Crippen LogP contribution in [0.15, 0.2) is 46.8 Å². The molecule has 0 radical (unpaired) electrons. The van der Waals surface area contributed by atoms with Crippen LogP contribution < -0.4 is 0 Å². The number of Topliss-reactive ketones (excluding diaryl/α,β-unsaturated/α-hetero) is 1. The zero-order valence-corrected chi connectivity index (χ0v) is 18.2. The van der Waals surface area contributed by atoms with Gasteiger partial charge < -0.3 is 14.3 Å². The summed E-state index contributed by atoms with van der Waals surface area (Å²) in [5.41, 5.74) is 0.0560. The summed E-state index contributed by atoms with van der Waals surface area (Å²) in [6, 6.07) is 8.53. The highest BCUT2D eigenvalue weighted by atomic mass is 16.6. The van der Waals surface area contributed by atoms with Gasteiger partial charge in [0.1, 0.15) is 18.3 Å². The minimum atomic E-state index is -1.03. The van der Waals surface area contributed by atoms with E-state index in [0.717, 1.165) is 0 Å². The molecule has 0 spiro atoms. The third-order valence-electron chi connectivity index (χ3n) is 4.93. The second-order valence-electron chi connectivity index (χ2n) is 7.75. The molecule has 7 nitrogen and oxygen atoms in total. The topological polar surface area (TPSA) is 91.3 Å². The van der Waals surface area contributed by atoms with Crippen molar-refractivity contribution in [3.8, 4) is 0 Å². The average Bonchev–Trinajstić information content (AvgIpc) is 2.71. The molecule has 162 valence electrons. The quantitative estimate of drug-likeness (QED) is 0.275. The molecule has 1 aromatic rings. The van der Waals surface area contributed by atoms with Gasteiger partial charge >= 0.3 is 11.9 Å². The monoisotopic (exact) mass is 415 g/mol. The van der Waals surface area contributed by atoms with Crippen LogP contribution in [0.5, 0.6) is 0 Å².